The maximum Gasteiger partial charge on any atom is 0.462 e. The SMILES string of the molecule is OC[C@H](I)C[C@@](F)(OC(F)(F)C(F)(F)C(F)(F)F)C(F)(F)F. The first-order valence-electron chi connectivity index (χ1n) is 4.94. The van der Waals surface area contributed by atoms with Gasteiger partial charge in [0.25, 0.3) is 0 Å². The van der Waals surface area contributed by atoms with Gasteiger partial charge in [0.15, 0.2) is 0 Å². The number of hydrogen-bond donors (Lipinski definition) is 1. The Morgan fingerprint density at radius 1 is 0.818 bits per heavy atom. The van der Waals surface area contributed by atoms with E-state index in [2.05, 4.69) is 4.74 Å². The summed E-state index contributed by atoms with van der Waals surface area (Å²) in [5, 5.41) is 8.44. The van der Waals surface area contributed by atoms with Crippen LogP contribution in [-0.2, 0) is 4.74 Å². The molecule has 0 aliphatic rings. The Balaban J connectivity index is 5.67. The molecule has 0 aromatic rings. The molecule has 0 fully saturated rings. The first-order chi connectivity index (χ1) is 9.41. The number of aliphatic hydroxyl groups excluding tert-OH is 1. The third-order valence-electron chi connectivity index (χ3n) is 2.12. The van der Waals surface area contributed by atoms with E-state index in [-0.39, 0.29) is 0 Å². The summed E-state index contributed by atoms with van der Waals surface area (Å²) in [7, 11) is 0. The van der Waals surface area contributed by atoms with Crippen molar-refractivity contribution < 1.29 is 58.1 Å². The molecular weight excluding hydrogens is 464 g/mol. The molecule has 0 aromatic heterocycles. The van der Waals surface area contributed by atoms with Gasteiger partial charge in [-0.2, -0.15) is 43.9 Å². The minimum absolute atomic E-state index is 0.935. The molecular formula is C8H6F11IO2. The quantitative estimate of drug-likeness (QED) is 0.359. The Labute approximate surface area is 128 Å². The summed E-state index contributed by atoms with van der Waals surface area (Å²) < 4.78 is 137. The van der Waals surface area contributed by atoms with Gasteiger partial charge in [-0.05, 0) is 0 Å². The third kappa shape index (κ3) is 4.46. The van der Waals surface area contributed by atoms with Crippen LogP contribution in [0.5, 0.6) is 0 Å². The first-order valence-corrected chi connectivity index (χ1v) is 6.19. The van der Waals surface area contributed by atoms with Gasteiger partial charge in [-0.25, -0.2) is 4.39 Å². The lowest BCUT2D eigenvalue weighted by molar-refractivity contribution is -0.483. The summed E-state index contributed by atoms with van der Waals surface area (Å²) >= 11 is 0.935. The number of ether oxygens (including phenoxy) is 1. The molecule has 134 valence electrons. The van der Waals surface area contributed by atoms with Crippen molar-refractivity contribution in [2.75, 3.05) is 6.61 Å². The highest BCUT2D eigenvalue weighted by molar-refractivity contribution is 14.1. The number of aliphatic hydroxyl groups is 1. The van der Waals surface area contributed by atoms with Crippen LogP contribution in [0.2, 0.25) is 0 Å². The van der Waals surface area contributed by atoms with E-state index in [9.17, 15) is 48.3 Å². The molecule has 1 N–H and O–H groups in total. The molecule has 0 rings (SSSR count). The molecule has 22 heavy (non-hydrogen) atoms. The summed E-state index contributed by atoms with van der Waals surface area (Å²) in [6.45, 7) is -1.20. The summed E-state index contributed by atoms with van der Waals surface area (Å²) in [6.07, 6.45) is -22.3. The van der Waals surface area contributed by atoms with E-state index in [0.29, 0.717) is 0 Å². The van der Waals surface area contributed by atoms with Crippen LogP contribution in [0.1, 0.15) is 6.42 Å². The van der Waals surface area contributed by atoms with Gasteiger partial charge in [0.1, 0.15) is 0 Å². The standard InChI is InChI=1S/C8H6F11IO2/c9-4(6(12,13)14,1-3(20)2-21)22-8(18,19)5(10,11)7(15,16)17/h3,21H,1-2H2/t3-,4-/m1/s1. The Kier molecular flexibility index (Phi) is 6.38. The van der Waals surface area contributed by atoms with Crippen molar-refractivity contribution in [2.24, 2.45) is 0 Å². The van der Waals surface area contributed by atoms with E-state index >= 15 is 0 Å². The topological polar surface area (TPSA) is 29.5 Å². The van der Waals surface area contributed by atoms with Crippen LogP contribution in [0.25, 0.3) is 0 Å². The van der Waals surface area contributed by atoms with Crippen molar-refractivity contribution in [2.45, 2.75) is 40.6 Å². The zero-order valence-corrected chi connectivity index (χ0v) is 12.0. The predicted octanol–water partition coefficient (Wildman–Crippen LogP) is 4.21. The second kappa shape index (κ2) is 6.41. The second-order valence-corrected chi connectivity index (χ2v) is 5.66. The fourth-order valence-corrected chi connectivity index (χ4v) is 1.56. The predicted molar refractivity (Wildman–Crippen MR) is 56.4 cm³/mol. The number of alkyl halides is 12. The van der Waals surface area contributed by atoms with Gasteiger partial charge in [-0.1, -0.05) is 22.6 Å². The van der Waals surface area contributed by atoms with Crippen molar-refractivity contribution in [1.82, 2.24) is 0 Å². The maximum absolute atomic E-state index is 13.5. The Morgan fingerprint density at radius 2 is 1.23 bits per heavy atom. The molecule has 0 heterocycles. The van der Waals surface area contributed by atoms with E-state index in [0.717, 1.165) is 22.6 Å². The van der Waals surface area contributed by atoms with Gasteiger partial charge in [0.05, 0.1) is 6.61 Å². The summed E-state index contributed by atoms with van der Waals surface area (Å²) in [5.41, 5.74) is 0. The number of rotatable bonds is 6. The fraction of sp³-hybridized carbons (Fsp3) is 1.00. The minimum atomic E-state index is -7.07. The molecule has 14 heteroatoms. The smallest absolute Gasteiger partial charge is 0.395 e. The Morgan fingerprint density at radius 3 is 1.50 bits per heavy atom. The van der Waals surface area contributed by atoms with Crippen molar-refractivity contribution in [3.8, 4) is 0 Å². The van der Waals surface area contributed by atoms with E-state index in [1.807, 2.05) is 0 Å². The number of halogens is 12. The minimum Gasteiger partial charge on any atom is -0.395 e. The Bertz CT molecular complexity index is 379. The molecule has 0 bridgehead atoms. The lowest BCUT2D eigenvalue weighted by Gasteiger charge is -2.35. The summed E-state index contributed by atoms with van der Waals surface area (Å²) in [5.74, 6) is -12.6. The number of hydrogen-bond acceptors (Lipinski definition) is 2. The van der Waals surface area contributed by atoms with Gasteiger partial charge in [0.2, 0.25) is 0 Å². The van der Waals surface area contributed by atoms with Gasteiger partial charge in [0, 0.05) is 10.3 Å². The Hall–Kier alpha value is -0.120. The van der Waals surface area contributed by atoms with Crippen molar-refractivity contribution >= 4 is 22.6 Å². The normalized spacial score (nSPS) is 19.0. The average Bonchev–Trinajstić information content (AvgIpc) is 2.24. The largest absolute Gasteiger partial charge is 0.462 e. The molecule has 0 radical (unpaired) electrons. The fourth-order valence-electron chi connectivity index (χ4n) is 0.997. The average molecular weight is 470 g/mol. The van der Waals surface area contributed by atoms with Crippen molar-refractivity contribution in [1.29, 1.82) is 0 Å². The highest BCUT2D eigenvalue weighted by atomic mass is 127. The maximum atomic E-state index is 13.5. The molecule has 0 aliphatic heterocycles. The van der Waals surface area contributed by atoms with E-state index in [1.54, 1.807) is 0 Å². The zero-order chi connectivity index (χ0) is 18.2. The van der Waals surface area contributed by atoms with Gasteiger partial charge < -0.3 is 5.11 Å². The molecule has 2 nitrogen and oxygen atoms in total. The van der Waals surface area contributed by atoms with Gasteiger partial charge >= 0.3 is 30.2 Å². The highest BCUT2D eigenvalue weighted by Gasteiger charge is 2.78. The van der Waals surface area contributed by atoms with Crippen LogP contribution in [-0.4, -0.2) is 45.9 Å². The highest BCUT2D eigenvalue weighted by Crippen LogP contribution is 2.52. The van der Waals surface area contributed by atoms with E-state index in [1.165, 1.54) is 0 Å². The molecule has 0 saturated heterocycles. The molecule has 0 aliphatic carbocycles. The third-order valence-corrected chi connectivity index (χ3v) is 2.95. The first kappa shape index (κ1) is 21.9. The molecule has 0 saturated carbocycles. The van der Waals surface area contributed by atoms with Crippen LogP contribution in [0, 0.1) is 0 Å². The summed E-state index contributed by atoms with van der Waals surface area (Å²) in [4.78, 5) is 0. The van der Waals surface area contributed by atoms with E-state index < -0.39 is 47.2 Å². The second-order valence-electron chi connectivity index (χ2n) is 3.90. The molecule has 0 aromatic carbocycles. The van der Waals surface area contributed by atoms with Crippen molar-refractivity contribution in [3.05, 3.63) is 0 Å². The molecule has 0 amide bonds. The van der Waals surface area contributed by atoms with Crippen LogP contribution in [0.4, 0.5) is 48.3 Å². The molecule has 0 unspecified atom stereocenters. The van der Waals surface area contributed by atoms with Gasteiger partial charge in [-0.15, -0.1) is 0 Å². The van der Waals surface area contributed by atoms with Crippen LogP contribution in [0.3, 0.4) is 0 Å². The monoisotopic (exact) mass is 470 g/mol. The van der Waals surface area contributed by atoms with Crippen LogP contribution in [0.15, 0.2) is 0 Å². The lowest BCUT2D eigenvalue weighted by atomic mass is 10.1. The van der Waals surface area contributed by atoms with E-state index in [4.69, 9.17) is 5.11 Å². The lowest BCUT2D eigenvalue weighted by Crippen LogP contribution is -2.59. The van der Waals surface area contributed by atoms with Crippen LogP contribution >= 0.6 is 22.6 Å². The molecule has 2 atom stereocenters. The zero-order valence-electron chi connectivity index (χ0n) is 9.88. The molecule has 0 spiro atoms. The van der Waals surface area contributed by atoms with Gasteiger partial charge in [-0.3, -0.25) is 4.74 Å². The summed E-state index contributed by atoms with van der Waals surface area (Å²) in [6, 6.07) is 0. The van der Waals surface area contributed by atoms with Crippen LogP contribution < -0.4 is 0 Å². The van der Waals surface area contributed by atoms with Crippen molar-refractivity contribution in [3.63, 3.8) is 0 Å².